The summed E-state index contributed by atoms with van der Waals surface area (Å²) in [5.41, 5.74) is 0.418. The normalized spacial score (nSPS) is 11.2. The van der Waals surface area contributed by atoms with Crippen molar-refractivity contribution in [2.45, 2.75) is 0 Å². The third kappa shape index (κ3) is 2.07. The van der Waals surface area contributed by atoms with Crippen molar-refractivity contribution >= 4 is 49.9 Å². The van der Waals surface area contributed by atoms with Gasteiger partial charge in [0.2, 0.25) is 0 Å². The molecule has 0 unspecified atom stereocenters. The minimum atomic E-state index is -0.416. The van der Waals surface area contributed by atoms with E-state index in [0.29, 0.717) is 10.6 Å². The van der Waals surface area contributed by atoms with Crippen LogP contribution in [0, 0.1) is 0 Å². The van der Waals surface area contributed by atoms with Gasteiger partial charge in [0.05, 0.1) is 17.7 Å². The van der Waals surface area contributed by atoms with Gasteiger partial charge in [0, 0.05) is 0 Å². The Morgan fingerprint density at radius 3 is 2.22 bits per heavy atom. The van der Waals surface area contributed by atoms with Crippen LogP contribution in [0.1, 0.15) is 10.4 Å². The van der Waals surface area contributed by atoms with Gasteiger partial charge in [-0.1, -0.05) is 66.2 Å². The number of hydrogen-bond acceptors (Lipinski definition) is 2. The van der Waals surface area contributed by atoms with Crippen LogP contribution in [0.4, 0.5) is 0 Å². The summed E-state index contributed by atoms with van der Waals surface area (Å²) in [4.78, 5) is 12.1. The molecule has 0 saturated heterocycles. The number of methoxy groups -OCH3 is 1. The summed E-state index contributed by atoms with van der Waals surface area (Å²) in [6, 6.07) is 20.2. The zero-order valence-electron chi connectivity index (χ0n) is 12.5. The number of halogens is 1. The quantitative estimate of drug-likeness (QED) is 0.338. The van der Waals surface area contributed by atoms with Crippen molar-refractivity contribution in [1.82, 2.24) is 0 Å². The maximum Gasteiger partial charge on any atom is 0.340 e. The molecule has 0 heterocycles. The fraction of sp³-hybridized carbons (Fsp3) is 0.0500. The molecule has 4 rings (SSSR count). The van der Waals surface area contributed by atoms with Gasteiger partial charge in [0.25, 0.3) is 0 Å². The summed E-state index contributed by atoms with van der Waals surface area (Å²) in [6.07, 6.45) is 0. The highest BCUT2D eigenvalue weighted by Crippen LogP contribution is 2.35. The molecule has 0 spiro atoms. The van der Waals surface area contributed by atoms with Crippen LogP contribution in [0.5, 0.6) is 0 Å². The van der Waals surface area contributed by atoms with E-state index in [2.05, 4.69) is 24.3 Å². The highest BCUT2D eigenvalue weighted by atomic mass is 35.5. The number of hydrogen-bond donors (Lipinski definition) is 0. The number of rotatable bonds is 1. The molecule has 4 aromatic rings. The minimum Gasteiger partial charge on any atom is -0.465 e. The molecular formula is C20H13ClO2. The van der Waals surface area contributed by atoms with Gasteiger partial charge in [-0.25, -0.2) is 4.79 Å². The first-order valence-electron chi connectivity index (χ1n) is 7.31. The Labute approximate surface area is 138 Å². The van der Waals surface area contributed by atoms with E-state index in [4.69, 9.17) is 16.3 Å². The topological polar surface area (TPSA) is 26.3 Å². The number of carbonyl (C=O) groups is 1. The van der Waals surface area contributed by atoms with E-state index in [9.17, 15) is 4.79 Å². The molecule has 0 saturated carbocycles. The second-order valence-corrected chi connectivity index (χ2v) is 5.86. The van der Waals surface area contributed by atoms with E-state index >= 15 is 0 Å². The molecule has 112 valence electrons. The summed E-state index contributed by atoms with van der Waals surface area (Å²) < 4.78 is 4.88. The molecule has 0 amide bonds. The van der Waals surface area contributed by atoms with Gasteiger partial charge in [-0.3, -0.25) is 0 Å². The lowest BCUT2D eigenvalue weighted by molar-refractivity contribution is 0.0603. The number of carbonyl (C=O) groups excluding carboxylic acids is 1. The molecule has 23 heavy (non-hydrogen) atoms. The summed E-state index contributed by atoms with van der Waals surface area (Å²) >= 11 is 6.22. The second-order valence-electron chi connectivity index (χ2n) is 5.46. The van der Waals surface area contributed by atoms with Gasteiger partial charge >= 0.3 is 5.97 Å². The van der Waals surface area contributed by atoms with Crippen LogP contribution in [0.3, 0.4) is 0 Å². The molecule has 0 radical (unpaired) electrons. The highest BCUT2D eigenvalue weighted by Gasteiger charge is 2.16. The van der Waals surface area contributed by atoms with Crippen LogP contribution in [0.2, 0.25) is 5.02 Å². The molecule has 0 N–H and O–H groups in total. The molecular weight excluding hydrogens is 308 g/mol. The maximum atomic E-state index is 12.1. The molecule has 0 bridgehead atoms. The van der Waals surface area contributed by atoms with E-state index < -0.39 is 5.97 Å². The molecule has 0 atom stereocenters. The fourth-order valence-electron chi connectivity index (χ4n) is 3.19. The first kappa shape index (κ1) is 14.0. The summed E-state index contributed by atoms with van der Waals surface area (Å²) in [5.74, 6) is -0.416. The van der Waals surface area contributed by atoms with Crippen molar-refractivity contribution in [2.24, 2.45) is 0 Å². The third-order valence-corrected chi connectivity index (χ3v) is 4.58. The standard InChI is InChI=1S/C20H13ClO2/c1-23-20(22)19-17-9-8-14-13-5-3-2-4-12(13)6-7-15(14)16(17)10-11-18(19)21/h2-11H,1H3. The van der Waals surface area contributed by atoms with Crippen molar-refractivity contribution in [1.29, 1.82) is 0 Å². The van der Waals surface area contributed by atoms with Gasteiger partial charge in [-0.05, 0) is 38.4 Å². The molecule has 0 aromatic heterocycles. The van der Waals surface area contributed by atoms with Gasteiger partial charge in [-0.2, -0.15) is 0 Å². The van der Waals surface area contributed by atoms with E-state index in [0.717, 1.165) is 21.5 Å². The lowest BCUT2D eigenvalue weighted by Gasteiger charge is -2.11. The van der Waals surface area contributed by atoms with Gasteiger partial charge < -0.3 is 4.74 Å². The molecule has 0 aliphatic heterocycles. The highest BCUT2D eigenvalue weighted by molar-refractivity contribution is 6.36. The summed E-state index contributed by atoms with van der Waals surface area (Å²) in [5, 5.41) is 6.87. The molecule has 2 nitrogen and oxygen atoms in total. The van der Waals surface area contributed by atoms with Crippen LogP contribution in [0.15, 0.2) is 60.7 Å². The molecule has 0 aliphatic rings. The smallest absolute Gasteiger partial charge is 0.340 e. The molecule has 0 fully saturated rings. The molecule has 3 heteroatoms. The Kier molecular flexibility index (Phi) is 3.21. The van der Waals surface area contributed by atoms with E-state index in [1.165, 1.54) is 17.9 Å². The Bertz CT molecular complexity index is 1080. The monoisotopic (exact) mass is 320 g/mol. The lowest BCUT2D eigenvalue weighted by Crippen LogP contribution is -2.03. The molecule has 4 aromatic carbocycles. The largest absolute Gasteiger partial charge is 0.465 e. The van der Waals surface area contributed by atoms with Crippen LogP contribution in [-0.4, -0.2) is 13.1 Å². The van der Waals surface area contributed by atoms with Gasteiger partial charge in [-0.15, -0.1) is 0 Å². The van der Waals surface area contributed by atoms with Crippen LogP contribution in [0.25, 0.3) is 32.3 Å². The zero-order valence-corrected chi connectivity index (χ0v) is 13.2. The minimum absolute atomic E-state index is 0.407. The SMILES string of the molecule is COC(=O)c1c(Cl)ccc2c1ccc1c3ccccc3ccc21. The van der Waals surface area contributed by atoms with Crippen LogP contribution in [-0.2, 0) is 4.74 Å². The average molecular weight is 321 g/mol. The van der Waals surface area contributed by atoms with E-state index in [1.807, 2.05) is 30.3 Å². The Morgan fingerprint density at radius 2 is 1.39 bits per heavy atom. The Morgan fingerprint density at radius 1 is 0.783 bits per heavy atom. The Hall–Kier alpha value is -2.58. The van der Waals surface area contributed by atoms with Crippen molar-refractivity contribution in [3.8, 4) is 0 Å². The molecule has 0 aliphatic carbocycles. The first-order chi connectivity index (χ1) is 11.2. The van der Waals surface area contributed by atoms with Gasteiger partial charge in [0.1, 0.15) is 0 Å². The summed E-state index contributed by atoms with van der Waals surface area (Å²) in [7, 11) is 1.37. The average Bonchev–Trinajstić information content (AvgIpc) is 2.60. The van der Waals surface area contributed by atoms with Crippen LogP contribution < -0.4 is 0 Å². The lowest BCUT2D eigenvalue weighted by atomic mass is 9.95. The van der Waals surface area contributed by atoms with Gasteiger partial charge in [0.15, 0.2) is 0 Å². The maximum absolute atomic E-state index is 12.1. The number of ether oxygens (including phenoxy) is 1. The van der Waals surface area contributed by atoms with Crippen molar-refractivity contribution in [2.75, 3.05) is 7.11 Å². The number of fused-ring (bicyclic) bond motifs is 5. The zero-order chi connectivity index (χ0) is 16.0. The number of benzene rings is 4. The second kappa shape index (κ2) is 5.25. The van der Waals surface area contributed by atoms with E-state index in [-0.39, 0.29) is 0 Å². The van der Waals surface area contributed by atoms with Crippen molar-refractivity contribution < 1.29 is 9.53 Å². The third-order valence-electron chi connectivity index (χ3n) is 4.26. The Balaban J connectivity index is 2.18. The predicted octanol–water partition coefficient (Wildman–Crippen LogP) is 5.59. The number of esters is 1. The van der Waals surface area contributed by atoms with Crippen molar-refractivity contribution in [3.63, 3.8) is 0 Å². The van der Waals surface area contributed by atoms with Crippen molar-refractivity contribution in [3.05, 3.63) is 71.2 Å². The summed E-state index contributed by atoms with van der Waals surface area (Å²) in [6.45, 7) is 0. The van der Waals surface area contributed by atoms with Crippen LogP contribution >= 0.6 is 11.6 Å². The fourth-order valence-corrected chi connectivity index (χ4v) is 3.43. The predicted molar refractivity (Wildman–Crippen MR) is 95.3 cm³/mol. The van der Waals surface area contributed by atoms with E-state index in [1.54, 1.807) is 6.07 Å². The first-order valence-corrected chi connectivity index (χ1v) is 7.69.